The molecule has 0 radical (unpaired) electrons. The molecule has 17 heavy (non-hydrogen) atoms. The van der Waals surface area contributed by atoms with Gasteiger partial charge in [-0.2, -0.15) is 0 Å². The van der Waals surface area contributed by atoms with E-state index in [-0.39, 0.29) is 18.0 Å². The minimum absolute atomic E-state index is 0.0643. The molecule has 2 aromatic rings. The minimum atomic E-state index is -0.620. The number of carbonyl (C=O) groups excluding carboxylic acids is 1. The van der Waals surface area contributed by atoms with Crippen LogP contribution in [-0.4, -0.2) is 27.1 Å². The first-order valence-electron chi connectivity index (χ1n) is 5.28. The zero-order valence-corrected chi connectivity index (χ0v) is 9.90. The van der Waals surface area contributed by atoms with E-state index in [9.17, 15) is 9.59 Å². The quantitative estimate of drug-likeness (QED) is 0.779. The monoisotopic (exact) mass is 235 g/mol. The van der Waals surface area contributed by atoms with Crippen LogP contribution in [0.3, 0.4) is 0 Å². The zero-order chi connectivity index (χ0) is 12.6. The number of nitrogens with zero attached hydrogens (tertiary/aromatic N) is 2. The van der Waals surface area contributed by atoms with Gasteiger partial charge in [0.25, 0.3) is 5.56 Å². The van der Waals surface area contributed by atoms with E-state index >= 15 is 0 Å². The van der Waals surface area contributed by atoms with Crippen LogP contribution in [0.2, 0.25) is 0 Å². The van der Waals surface area contributed by atoms with Gasteiger partial charge in [-0.15, -0.1) is 0 Å². The summed E-state index contributed by atoms with van der Waals surface area (Å²) in [5.41, 5.74) is 1.05. The predicted octanol–water partition coefficient (Wildman–Crippen LogP) is 0.747. The fourth-order valence-corrected chi connectivity index (χ4v) is 1.63. The number of aryl methyl sites for hydroxylation is 2. The lowest BCUT2D eigenvalue weighted by atomic mass is 10.4. The van der Waals surface area contributed by atoms with Crippen LogP contribution in [0, 0.1) is 6.92 Å². The topological polar surface area (TPSA) is 77.0 Å². The van der Waals surface area contributed by atoms with Crippen LogP contribution in [0.5, 0.6) is 0 Å². The third-order valence-electron chi connectivity index (χ3n) is 2.60. The fourth-order valence-electron chi connectivity index (χ4n) is 1.63. The minimum Gasteiger partial charge on any atom is -0.460 e. The maximum absolute atomic E-state index is 11.8. The molecule has 2 rings (SSSR count). The number of aromatic amines is 1. The summed E-state index contributed by atoms with van der Waals surface area (Å²) in [6, 6.07) is 1.73. The molecule has 0 spiro atoms. The highest BCUT2D eigenvalue weighted by Crippen LogP contribution is 2.12. The second-order valence-electron chi connectivity index (χ2n) is 3.72. The van der Waals surface area contributed by atoms with Crippen molar-refractivity contribution in [3.63, 3.8) is 0 Å². The molecule has 0 saturated carbocycles. The molecule has 90 valence electrons. The van der Waals surface area contributed by atoms with E-state index in [1.165, 1.54) is 0 Å². The maximum Gasteiger partial charge on any atom is 0.374 e. The van der Waals surface area contributed by atoms with Crippen LogP contribution >= 0.6 is 0 Å². The Hall–Kier alpha value is -2.11. The number of carbonyl (C=O) groups is 1. The normalized spacial score (nSPS) is 10.8. The second kappa shape index (κ2) is 4.04. The summed E-state index contributed by atoms with van der Waals surface area (Å²) in [5.74, 6) is -0.684. The number of fused-ring (bicyclic) bond motifs is 1. The second-order valence-corrected chi connectivity index (χ2v) is 3.72. The maximum atomic E-state index is 11.8. The molecule has 0 aliphatic rings. The molecular weight excluding hydrogens is 222 g/mol. The van der Waals surface area contributed by atoms with Gasteiger partial charge in [-0.3, -0.25) is 4.79 Å². The van der Waals surface area contributed by atoms with E-state index < -0.39 is 5.97 Å². The first-order valence-corrected chi connectivity index (χ1v) is 5.28. The largest absolute Gasteiger partial charge is 0.460 e. The molecule has 6 nitrogen and oxygen atoms in total. The molecule has 0 saturated heterocycles. The summed E-state index contributed by atoms with van der Waals surface area (Å²) in [5, 5.41) is 0.470. The van der Waals surface area contributed by atoms with Crippen LogP contribution in [0.25, 0.3) is 11.0 Å². The van der Waals surface area contributed by atoms with Gasteiger partial charge < -0.3 is 14.3 Å². The summed E-state index contributed by atoms with van der Waals surface area (Å²) in [7, 11) is 1.79. The van der Waals surface area contributed by atoms with Crippen LogP contribution in [0.1, 0.15) is 23.2 Å². The van der Waals surface area contributed by atoms with E-state index in [0.29, 0.717) is 11.0 Å². The van der Waals surface area contributed by atoms with Crippen molar-refractivity contribution in [3.05, 3.63) is 27.9 Å². The van der Waals surface area contributed by atoms with Crippen LogP contribution in [0.4, 0.5) is 0 Å². The van der Waals surface area contributed by atoms with Gasteiger partial charge in [0.05, 0.1) is 12.0 Å². The van der Waals surface area contributed by atoms with Crippen molar-refractivity contribution < 1.29 is 9.53 Å². The fraction of sp³-hybridized carbons (Fsp3) is 0.364. The van der Waals surface area contributed by atoms with E-state index in [1.807, 2.05) is 6.92 Å². The standard InChI is InChI=1S/C11H13N3O3/c1-4-17-11(16)8-12-9-7(10(15)13-8)5-6(2)14(9)3/h5H,4H2,1-3H3,(H,12,13,15). The third-order valence-corrected chi connectivity index (χ3v) is 2.60. The van der Waals surface area contributed by atoms with Crippen molar-refractivity contribution in [3.8, 4) is 0 Å². The highest BCUT2D eigenvalue weighted by atomic mass is 16.5. The average molecular weight is 235 g/mol. The van der Waals surface area contributed by atoms with Crippen molar-refractivity contribution in [2.45, 2.75) is 13.8 Å². The Labute approximate surface area is 97.2 Å². The third kappa shape index (κ3) is 1.82. The highest BCUT2D eigenvalue weighted by molar-refractivity contribution is 5.88. The number of hydrogen-bond acceptors (Lipinski definition) is 4. The molecule has 0 atom stereocenters. The van der Waals surface area contributed by atoms with Gasteiger partial charge in [-0.1, -0.05) is 0 Å². The molecule has 2 aromatic heterocycles. The highest BCUT2D eigenvalue weighted by Gasteiger charge is 2.14. The van der Waals surface area contributed by atoms with Gasteiger partial charge in [0.1, 0.15) is 5.65 Å². The molecule has 0 amide bonds. The Morgan fingerprint density at radius 1 is 1.59 bits per heavy atom. The molecule has 0 unspecified atom stereocenters. The van der Waals surface area contributed by atoms with Gasteiger partial charge in [0.15, 0.2) is 0 Å². The zero-order valence-electron chi connectivity index (χ0n) is 9.90. The first kappa shape index (κ1) is 11.4. The predicted molar refractivity (Wildman–Crippen MR) is 62.0 cm³/mol. The van der Waals surface area contributed by atoms with Crippen molar-refractivity contribution in [1.82, 2.24) is 14.5 Å². The van der Waals surface area contributed by atoms with E-state index in [1.54, 1.807) is 24.6 Å². The molecule has 0 fully saturated rings. The molecule has 0 aliphatic heterocycles. The van der Waals surface area contributed by atoms with Crippen LogP contribution in [0.15, 0.2) is 10.9 Å². The van der Waals surface area contributed by atoms with Crippen LogP contribution < -0.4 is 5.56 Å². The number of H-pyrrole nitrogens is 1. The Morgan fingerprint density at radius 2 is 2.29 bits per heavy atom. The number of aromatic nitrogens is 3. The first-order chi connectivity index (χ1) is 8.04. The lowest BCUT2D eigenvalue weighted by molar-refractivity contribution is 0.0512. The van der Waals surface area contributed by atoms with Crippen molar-refractivity contribution in [2.75, 3.05) is 6.61 Å². The summed E-state index contributed by atoms with van der Waals surface area (Å²) in [4.78, 5) is 29.8. The average Bonchev–Trinajstić information content (AvgIpc) is 2.57. The lowest BCUT2D eigenvalue weighted by Crippen LogP contribution is -2.17. The smallest absolute Gasteiger partial charge is 0.374 e. The van der Waals surface area contributed by atoms with Crippen molar-refractivity contribution in [2.24, 2.45) is 7.05 Å². The van der Waals surface area contributed by atoms with Gasteiger partial charge in [-0.25, -0.2) is 9.78 Å². The van der Waals surface area contributed by atoms with E-state index in [2.05, 4.69) is 9.97 Å². The van der Waals surface area contributed by atoms with E-state index in [0.717, 1.165) is 5.69 Å². The SMILES string of the molecule is CCOC(=O)c1nc2c(cc(C)n2C)c(=O)[nH]1. The number of ether oxygens (including phenoxy) is 1. The molecule has 2 heterocycles. The molecule has 0 aromatic carbocycles. The number of nitrogens with one attached hydrogen (secondary N) is 1. The Bertz CT molecular complexity index is 639. The molecule has 0 aliphatic carbocycles. The summed E-state index contributed by atoms with van der Waals surface area (Å²) in [6.45, 7) is 3.80. The lowest BCUT2D eigenvalue weighted by Gasteiger charge is -2.02. The Morgan fingerprint density at radius 3 is 2.94 bits per heavy atom. The van der Waals surface area contributed by atoms with Crippen molar-refractivity contribution >= 4 is 17.0 Å². The molecule has 6 heteroatoms. The molecule has 0 bridgehead atoms. The summed E-state index contributed by atoms with van der Waals surface area (Å²) in [6.07, 6.45) is 0. The summed E-state index contributed by atoms with van der Waals surface area (Å²) < 4.78 is 6.55. The van der Waals surface area contributed by atoms with Gasteiger partial charge in [0, 0.05) is 12.7 Å². The Kier molecular flexibility index (Phi) is 2.71. The molecule has 1 N–H and O–H groups in total. The van der Waals surface area contributed by atoms with Gasteiger partial charge in [0.2, 0.25) is 5.82 Å². The number of esters is 1. The van der Waals surface area contributed by atoms with Crippen molar-refractivity contribution in [1.29, 1.82) is 0 Å². The van der Waals surface area contributed by atoms with Gasteiger partial charge in [-0.05, 0) is 19.9 Å². The number of hydrogen-bond donors (Lipinski definition) is 1. The number of rotatable bonds is 2. The Balaban J connectivity index is 2.66. The van der Waals surface area contributed by atoms with E-state index in [4.69, 9.17) is 4.74 Å². The van der Waals surface area contributed by atoms with Crippen LogP contribution in [-0.2, 0) is 11.8 Å². The molecular formula is C11H13N3O3. The summed E-state index contributed by atoms with van der Waals surface area (Å²) >= 11 is 0. The van der Waals surface area contributed by atoms with Gasteiger partial charge >= 0.3 is 5.97 Å².